The van der Waals surface area contributed by atoms with Crippen molar-refractivity contribution < 1.29 is 38.7 Å². The lowest BCUT2D eigenvalue weighted by Crippen LogP contribution is -2.60. The molecule has 1 aromatic heterocycles. The lowest BCUT2D eigenvalue weighted by Gasteiger charge is -2.27. The summed E-state index contributed by atoms with van der Waals surface area (Å²) in [6.07, 6.45) is 0.109. The number of hydrogen-bond donors (Lipinski definition) is 7. The van der Waals surface area contributed by atoms with Gasteiger partial charge >= 0.3 is 5.97 Å². The van der Waals surface area contributed by atoms with Crippen LogP contribution in [0.15, 0.2) is 127 Å². The highest BCUT2D eigenvalue weighted by atomic mass is 32.1. The minimum atomic E-state index is -1.45. The quantitative estimate of drug-likeness (QED) is 0.101. The first-order valence-electron chi connectivity index (χ1n) is 20.8. The first-order valence-corrected chi connectivity index (χ1v) is 21.7. The molecule has 324 valence electrons. The van der Waals surface area contributed by atoms with Crippen LogP contribution in [-0.4, -0.2) is 76.2 Å². The second-order valence-electron chi connectivity index (χ2n) is 15.9. The summed E-state index contributed by atoms with van der Waals surface area (Å²) < 4.78 is 0. The second-order valence-corrected chi connectivity index (χ2v) is 16.9. The van der Waals surface area contributed by atoms with Crippen LogP contribution >= 0.6 is 11.3 Å². The number of benzene rings is 4. The van der Waals surface area contributed by atoms with Gasteiger partial charge in [0.2, 0.25) is 35.4 Å². The molecule has 1 saturated carbocycles. The Morgan fingerprint density at radius 1 is 0.603 bits per heavy atom. The number of hydrogen-bond acceptors (Lipinski definition) is 8. The molecule has 1 fully saturated rings. The van der Waals surface area contributed by atoms with Crippen molar-refractivity contribution >= 4 is 58.4 Å². The molecule has 2 aliphatic heterocycles. The number of amides is 6. The molecule has 7 N–H and O–H groups in total. The van der Waals surface area contributed by atoms with Crippen molar-refractivity contribution in [2.75, 3.05) is 5.32 Å². The third-order valence-electron chi connectivity index (χ3n) is 11.1. The number of nitrogens with one attached hydrogen (secondary N) is 6. The largest absolute Gasteiger partial charge is 0.480 e. The molecule has 4 unspecified atom stereocenters. The Hall–Kier alpha value is -7.13. The van der Waals surface area contributed by atoms with Crippen molar-refractivity contribution in [1.29, 1.82) is 0 Å². The lowest BCUT2D eigenvalue weighted by atomic mass is 9.99. The van der Waals surface area contributed by atoms with Crippen LogP contribution in [0.1, 0.15) is 47.3 Å². The topological polar surface area (TPSA) is 212 Å². The number of fused-ring (bicyclic) bond motifs is 18. The smallest absolute Gasteiger partial charge is 0.329 e. The van der Waals surface area contributed by atoms with Gasteiger partial charge in [0, 0.05) is 49.1 Å². The highest BCUT2D eigenvalue weighted by Crippen LogP contribution is 2.35. The first kappa shape index (κ1) is 43.9. The average Bonchev–Trinajstić information content (AvgIpc) is 3.89. The summed E-state index contributed by atoms with van der Waals surface area (Å²) in [5.41, 5.74) is 2.89. The number of rotatable bonds is 10. The highest BCUT2D eigenvalue weighted by Gasteiger charge is 2.52. The molecule has 63 heavy (non-hydrogen) atoms. The molecule has 4 aromatic carbocycles. The zero-order valence-corrected chi connectivity index (χ0v) is 35.1. The van der Waals surface area contributed by atoms with Crippen molar-refractivity contribution in [2.45, 2.75) is 81.1 Å². The van der Waals surface area contributed by atoms with E-state index in [9.17, 15) is 38.7 Å². The third kappa shape index (κ3) is 12.0. The summed E-state index contributed by atoms with van der Waals surface area (Å²) in [5.74, 6) is -4.97. The molecule has 15 heteroatoms. The van der Waals surface area contributed by atoms with Crippen LogP contribution in [0.2, 0.25) is 0 Å². The Bertz CT molecular complexity index is 2420. The zero-order valence-electron chi connectivity index (χ0n) is 34.3. The third-order valence-corrected chi connectivity index (χ3v) is 12.0. The molecule has 3 heterocycles. The Morgan fingerprint density at radius 2 is 1.16 bits per heavy atom. The standard InChI is InChI=1S/C48H48N6O8S/c55-41-21-22-42(56)50-40(29-36-12-7-25-63-36)45(59)52-38(27-31-13-17-34(18-14-31)33-10-5-2-6-11-33)43(57)51-37(26-30-8-3-1-4-9-30)44(58)53-39(28-32-15-19-35(49-41)20-16-32)46(60)54-48(23-24-48)47(61)62/h1-20,25,37-40H,21-24,26-29H2,(H,49,55)(H,50,56)(H,51,57)(H,52,59)(H,53,58)(H,54,60)(H,61,62). The lowest BCUT2D eigenvalue weighted by molar-refractivity contribution is -0.143. The van der Waals surface area contributed by atoms with E-state index in [1.54, 1.807) is 48.5 Å². The predicted octanol–water partition coefficient (Wildman–Crippen LogP) is 4.09. The van der Waals surface area contributed by atoms with E-state index in [0.29, 0.717) is 22.4 Å². The Morgan fingerprint density at radius 3 is 1.75 bits per heavy atom. The van der Waals surface area contributed by atoms with Crippen LogP contribution in [-0.2, 0) is 59.2 Å². The van der Waals surface area contributed by atoms with E-state index in [4.69, 9.17) is 0 Å². The number of aliphatic carboxylic acids is 1. The maximum atomic E-state index is 14.6. The van der Waals surface area contributed by atoms with E-state index in [1.807, 2.05) is 78.2 Å². The summed E-state index contributed by atoms with van der Waals surface area (Å²) in [5, 5.41) is 28.4. The average molecular weight is 869 g/mol. The molecule has 8 rings (SSSR count). The normalized spacial score (nSPS) is 20.7. The SMILES string of the molecule is O=C1CCC(=O)NC(Cc2cccs2)C(=O)NC(Cc2ccc(-c3ccccc3)cc2)C(=O)NC(Cc2ccccc2)C(=O)NC(C(=O)NC2(C(=O)O)CC2)Cc2ccc(cc2)N1. The molecule has 5 aromatic rings. The highest BCUT2D eigenvalue weighted by molar-refractivity contribution is 7.09. The number of carboxylic acid groups (broad SMARTS) is 1. The summed E-state index contributed by atoms with van der Waals surface area (Å²) in [4.78, 5) is 96.4. The van der Waals surface area contributed by atoms with Gasteiger partial charge in [-0.25, -0.2) is 4.79 Å². The Balaban J connectivity index is 1.23. The Labute approximate surface area is 368 Å². The van der Waals surface area contributed by atoms with E-state index in [2.05, 4.69) is 31.9 Å². The number of anilines is 1. The van der Waals surface area contributed by atoms with E-state index in [-0.39, 0.29) is 51.4 Å². The number of carbonyl (C=O) groups excluding carboxylic acids is 6. The molecule has 4 atom stereocenters. The van der Waals surface area contributed by atoms with Gasteiger partial charge in [0.05, 0.1) is 0 Å². The van der Waals surface area contributed by atoms with Crippen LogP contribution in [0, 0.1) is 0 Å². The summed E-state index contributed by atoms with van der Waals surface area (Å²) in [7, 11) is 0. The minimum Gasteiger partial charge on any atom is -0.480 e. The van der Waals surface area contributed by atoms with E-state index in [0.717, 1.165) is 16.0 Å². The van der Waals surface area contributed by atoms with E-state index < -0.39 is 71.1 Å². The number of carbonyl (C=O) groups is 7. The van der Waals surface area contributed by atoms with Crippen LogP contribution in [0.25, 0.3) is 11.1 Å². The monoisotopic (exact) mass is 868 g/mol. The van der Waals surface area contributed by atoms with Crippen molar-refractivity contribution in [2.24, 2.45) is 0 Å². The van der Waals surface area contributed by atoms with Gasteiger partial charge in [-0.3, -0.25) is 28.8 Å². The van der Waals surface area contributed by atoms with Gasteiger partial charge in [0.1, 0.15) is 29.7 Å². The van der Waals surface area contributed by atoms with E-state index in [1.165, 1.54) is 11.3 Å². The molecule has 0 saturated heterocycles. The van der Waals surface area contributed by atoms with Crippen LogP contribution in [0.3, 0.4) is 0 Å². The van der Waals surface area contributed by atoms with Crippen LogP contribution in [0.5, 0.6) is 0 Å². The fraction of sp³-hybridized carbons (Fsp3) is 0.271. The molecular weight excluding hydrogens is 821 g/mol. The minimum absolute atomic E-state index is 0.00368. The van der Waals surface area contributed by atoms with E-state index >= 15 is 0 Å². The van der Waals surface area contributed by atoms with Gasteiger partial charge in [-0.2, -0.15) is 0 Å². The summed E-state index contributed by atoms with van der Waals surface area (Å²) >= 11 is 1.40. The van der Waals surface area contributed by atoms with Crippen molar-refractivity contribution in [1.82, 2.24) is 26.6 Å². The molecule has 14 nitrogen and oxygen atoms in total. The van der Waals surface area contributed by atoms with Crippen LogP contribution < -0.4 is 31.9 Å². The fourth-order valence-electron chi connectivity index (χ4n) is 7.35. The fourth-order valence-corrected chi connectivity index (χ4v) is 8.10. The summed E-state index contributed by atoms with van der Waals surface area (Å²) in [6, 6.07) is 31.5. The zero-order chi connectivity index (χ0) is 44.3. The first-order chi connectivity index (χ1) is 30.4. The predicted molar refractivity (Wildman–Crippen MR) is 237 cm³/mol. The molecule has 0 spiro atoms. The van der Waals surface area contributed by atoms with Crippen molar-refractivity contribution in [3.05, 3.63) is 148 Å². The molecule has 2 bridgehead atoms. The van der Waals surface area contributed by atoms with Gasteiger partial charge in [0.25, 0.3) is 0 Å². The maximum absolute atomic E-state index is 14.6. The van der Waals surface area contributed by atoms with Gasteiger partial charge in [0.15, 0.2) is 0 Å². The Kier molecular flexibility index (Phi) is 14.1. The second kappa shape index (κ2) is 20.2. The van der Waals surface area contributed by atoms with Crippen molar-refractivity contribution in [3.63, 3.8) is 0 Å². The molecule has 1 aliphatic carbocycles. The molecule has 0 radical (unpaired) electrons. The molecular formula is C48H48N6O8S. The van der Waals surface area contributed by atoms with Crippen molar-refractivity contribution in [3.8, 4) is 11.1 Å². The molecule has 6 amide bonds. The van der Waals surface area contributed by atoms with Gasteiger partial charge in [-0.05, 0) is 64.2 Å². The maximum Gasteiger partial charge on any atom is 0.329 e. The van der Waals surface area contributed by atoms with Gasteiger partial charge in [-0.1, -0.05) is 103 Å². The number of thiophene rings is 1. The summed E-state index contributed by atoms with van der Waals surface area (Å²) in [6.45, 7) is 0. The van der Waals surface area contributed by atoms with Gasteiger partial charge in [-0.15, -0.1) is 11.3 Å². The van der Waals surface area contributed by atoms with Gasteiger partial charge < -0.3 is 37.0 Å². The molecule has 3 aliphatic rings. The van der Waals surface area contributed by atoms with Crippen LogP contribution in [0.4, 0.5) is 5.69 Å². The number of carboxylic acids is 1.